The second-order valence-electron chi connectivity index (χ2n) is 5.21. The van der Waals surface area contributed by atoms with Crippen molar-refractivity contribution in [3.63, 3.8) is 0 Å². The van der Waals surface area contributed by atoms with Gasteiger partial charge in [0.15, 0.2) is 0 Å². The molecule has 2 aromatic rings. The van der Waals surface area contributed by atoms with Crippen LogP contribution in [-0.2, 0) is 11.2 Å². The Morgan fingerprint density at radius 2 is 2.29 bits per heavy atom. The number of benzene rings is 1. The summed E-state index contributed by atoms with van der Waals surface area (Å²) in [5, 5.41) is 9.75. The van der Waals surface area contributed by atoms with Crippen LogP contribution in [0, 0.1) is 0 Å². The number of H-pyrrole nitrogens is 1. The molecule has 21 heavy (non-hydrogen) atoms. The van der Waals surface area contributed by atoms with Crippen LogP contribution >= 0.6 is 15.9 Å². The molecule has 5 nitrogen and oxygen atoms in total. The summed E-state index contributed by atoms with van der Waals surface area (Å²) in [6, 6.07) is 10.2. The van der Waals surface area contributed by atoms with E-state index < -0.39 is 0 Å². The first-order valence-corrected chi connectivity index (χ1v) is 7.79. The summed E-state index contributed by atoms with van der Waals surface area (Å²) in [7, 11) is 0. The molecule has 1 aromatic carbocycles. The summed E-state index contributed by atoms with van der Waals surface area (Å²) >= 11 is 3.58. The number of aromatic amines is 1. The second-order valence-corrected chi connectivity index (χ2v) is 6.06. The molecule has 0 spiro atoms. The van der Waals surface area contributed by atoms with Gasteiger partial charge in [0.1, 0.15) is 0 Å². The number of carbonyl (C=O) groups is 1. The van der Waals surface area contributed by atoms with Crippen LogP contribution in [0.3, 0.4) is 0 Å². The molecule has 6 heteroatoms. The number of nitrogens with zero attached hydrogens (tertiary/aromatic N) is 2. The van der Waals surface area contributed by atoms with Crippen LogP contribution in [0.2, 0.25) is 0 Å². The number of hydrogen-bond acceptors (Lipinski definition) is 3. The van der Waals surface area contributed by atoms with E-state index in [0.717, 1.165) is 29.7 Å². The lowest BCUT2D eigenvalue weighted by molar-refractivity contribution is -0.121. The van der Waals surface area contributed by atoms with Crippen LogP contribution in [0.15, 0.2) is 41.0 Å². The molecule has 1 aromatic heterocycles. The Labute approximate surface area is 131 Å². The predicted octanol–water partition coefficient (Wildman–Crippen LogP) is 2.11. The molecular formula is C15H17BrN4O. The van der Waals surface area contributed by atoms with Crippen LogP contribution in [-0.4, -0.2) is 35.2 Å². The van der Waals surface area contributed by atoms with Gasteiger partial charge >= 0.3 is 0 Å². The van der Waals surface area contributed by atoms with Gasteiger partial charge in [-0.05, 0) is 40.5 Å². The molecule has 1 amide bonds. The van der Waals surface area contributed by atoms with Crippen molar-refractivity contribution in [2.24, 2.45) is 0 Å². The highest BCUT2D eigenvalue weighted by Gasteiger charge is 2.25. The van der Waals surface area contributed by atoms with Crippen molar-refractivity contribution in [1.29, 1.82) is 0 Å². The van der Waals surface area contributed by atoms with Crippen LogP contribution in [0.5, 0.6) is 0 Å². The van der Waals surface area contributed by atoms with Crippen molar-refractivity contribution in [3.8, 4) is 0 Å². The fraction of sp³-hybridized carbons (Fsp3) is 0.333. The maximum absolute atomic E-state index is 12.0. The largest absolute Gasteiger partial charge is 0.368 e. The van der Waals surface area contributed by atoms with Gasteiger partial charge in [0.2, 0.25) is 5.91 Å². The molecule has 0 bridgehead atoms. The van der Waals surface area contributed by atoms with Gasteiger partial charge in [0.05, 0.1) is 12.1 Å². The molecule has 0 radical (unpaired) electrons. The molecule has 1 saturated heterocycles. The van der Waals surface area contributed by atoms with Crippen molar-refractivity contribution in [2.45, 2.75) is 18.9 Å². The predicted molar refractivity (Wildman–Crippen MR) is 85.2 cm³/mol. The lowest BCUT2D eigenvalue weighted by Gasteiger charge is -2.20. The Morgan fingerprint density at radius 1 is 1.43 bits per heavy atom. The standard InChI is InChI=1S/C15H17BrN4O/c16-13-3-1-2-4-14(13)20-8-6-12(10-20)18-15(21)9-11-5-7-17-19-11/h1-5,7,12H,6,8-10H2,(H,17,19)(H,18,21)/t12-/m0/s1. The van der Waals surface area contributed by atoms with E-state index in [1.54, 1.807) is 6.20 Å². The number of anilines is 1. The Kier molecular flexibility index (Phi) is 4.24. The Bertz CT molecular complexity index is 614. The van der Waals surface area contributed by atoms with Gasteiger partial charge in [0.25, 0.3) is 0 Å². The Morgan fingerprint density at radius 3 is 3.05 bits per heavy atom. The van der Waals surface area contributed by atoms with E-state index in [1.807, 2.05) is 24.3 Å². The minimum atomic E-state index is 0.0400. The minimum Gasteiger partial charge on any atom is -0.368 e. The molecule has 1 atom stereocenters. The normalized spacial score (nSPS) is 18.0. The third-order valence-electron chi connectivity index (χ3n) is 3.66. The Balaban J connectivity index is 1.55. The highest BCUT2D eigenvalue weighted by atomic mass is 79.9. The lowest BCUT2D eigenvalue weighted by Crippen LogP contribution is -2.38. The van der Waals surface area contributed by atoms with Gasteiger partial charge < -0.3 is 10.2 Å². The topological polar surface area (TPSA) is 61.0 Å². The summed E-state index contributed by atoms with van der Waals surface area (Å²) in [5.41, 5.74) is 2.02. The van der Waals surface area contributed by atoms with Gasteiger partial charge in [-0.1, -0.05) is 12.1 Å². The quantitative estimate of drug-likeness (QED) is 0.889. The smallest absolute Gasteiger partial charge is 0.226 e. The monoisotopic (exact) mass is 348 g/mol. The first-order valence-electron chi connectivity index (χ1n) is 6.99. The lowest BCUT2D eigenvalue weighted by atomic mass is 10.2. The Hall–Kier alpha value is -1.82. The SMILES string of the molecule is O=C(Cc1ccn[nH]1)N[C@H]1CCN(c2ccccc2Br)C1. The van der Waals surface area contributed by atoms with E-state index in [9.17, 15) is 4.79 Å². The van der Waals surface area contributed by atoms with E-state index >= 15 is 0 Å². The average molecular weight is 349 g/mol. The van der Waals surface area contributed by atoms with Gasteiger partial charge in [-0.3, -0.25) is 9.89 Å². The van der Waals surface area contributed by atoms with E-state index in [0.29, 0.717) is 6.42 Å². The van der Waals surface area contributed by atoms with Crippen molar-refractivity contribution >= 4 is 27.5 Å². The van der Waals surface area contributed by atoms with Crippen molar-refractivity contribution in [1.82, 2.24) is 15.5 Å². The fourth-order valence-electron chi connectivity index (χ4n) is 2.64. The zero-order chi connectivity index (χ0) is 14.7. The molecule has 0 aliphatic carbocycles. The summed E-state index contributed by atoms with van der Waals surface area (Å²) in [6.07, 6.45) is 2.98. The fourth-order valence-corrected chi connectivity index (χ4v) is 3.18. The number of hydrogen-bond donors (Lipinski definition) is 2. The summed E-state index contributed by atoms with van der Waals surface area (Å²) in [4.78, 5) is 14.3. The van der Waals surface area contributed by atoms with Crippen LogP contribution in [0.1, 0.15) is 12.1 Å². The highest BCUT2D eigenvalue weighted by Crippen LogP contribution is 2.28. The van der Waals surface area contributed by atoms with E-state index in [1.165, 1.54) is 5.69 Å². The molecular weight excluding hydrogens is 332 g/mol. The minimum absolute atomic E-state index is 0.0400. The van der Waals surface area contributed by atoms with Crippen molar-refractivity contribution in [2.75, 3.05) is 18.0 Å². The molecule has 1 fully saturated rings. The van der Waals surface area contributed by atoms with E-state index in [2.05, 4.69) is 42.4 Å². The summed E-state index contributed by atoms with van der Waals surface area (Å²) < 4.78 is 1.09. The number of aromatic nitrogens is 2. The van der Waals surface area contributed by atoms with Crippen LogP contribution in [0.4, 0.5) is 5.69 Å². The molecule has 3 rings (SSSR count). The first-order chi connectivity index (χ1) is 10.2. The number of halogens is 1. The molecule has 0 unspecified atom stereocenters. The third-order valence-corrected chi connectivity index (χ3v) is 4.33. The number of rotatable bonds is 4. The van der Waals surface area contributed by atoms with Gasteiger partial charge in [-0.15, -0.1) is 0 Å². The van der Waals surface area contributed by atoms with E-state index in [4.69, 9.17) is 0 Å². The van der Waals surface area contributed by atoms with Crippen molar-refractivity contribution < 1.29 is 4.79 Å². The van der Waals surface area contributed by atoms with Crippen LogP contribution < -0.4 is 10.2 Å². The summed E-state index contributed by atoms with van der Waals surface area (Å²) in [5.74, 6) is 0.0400. The van der Waals surface area contributed by atoms with E-state index in [-0.39, 0.29) is 11.9 Å². The molecule has 0 saturated carbocycles. The number of nitrogens with one attached hydrogen (secondary N) is 2. The third kappa shape index (κ3) is 3.44. The molecule has 1 aliphatic heterocycles. The maximum atomic E-state index is 12.0. The highest BCUT2D eigenvalue weighted by molar-refractivity contribution is 9.10. The zero-order valence-corrected chi connectivity index (χ0v) is 13.1. The summed E-state index contributed by atoms with van der Waals surface area (Å²) in [6.45, 7) is 1.80. The number of carbonyl (C=O) groups excluding carboxylic acids is 1. The zero-order valence-electron chi connectivity index (χ0n) is 11.6. The van der Waals surface area contributed by atoms with Gasteiger partial charge in [-0.25, -0.2) is 0 Å². The second kappa shape index (κ2) is 6.30. The molecule has 1 aliphatic rings. The van der Waals surface area contributed by atoms with Crippen LogP contribution in [0.25, 0.3) is 0 Å². The maximum Gasteiger partial charge on any atom is 0.226 e. The van der Waals surface area contributed by atoms with Crippen molar-refractivity contribution in [3.05, 3.63) is 46.7 Å². The number of amides is 1. The molecule has 110 valence electrons. The molecule has 2 heterocycles. The average Bonchev–Trinajstić information content (AvgIpc) is 3.11. The number of para-hydroxylation sites is 1. The first kappa shape index (κ1) is 14.1. The van der Waals surface area contributed by atoms with Gasteiger partial charge in [0, 0.05) is 35.5 Å². The molecule has 2 N–H and O–H groups in total. The van der Waals surface area contributed by atoms with Gasteiger partial charge in [-0.2, -0.15) is 5.10 Å².